The van der Waals surface area contributed by atoms with Crippen LogP contribution in [-0.4, -0.2) is 32.8 Å². The fraction of sp³-hybridized carbons (Fsp3) is 0.481. The lowest BCUT2D eigenvalue weighted by Gasteiger charge is -2.59. The maximum atomic E-state index is 13.7. The molecule has 5 unspecified atom stereocenters. The summed E-state index contributed by atoms with van der Waals surface area (Å²) in [6.45, 7) is 12.4. The van der Waals surface area contributed by atoms with Gasteiger partial charge in [0.15, 0.2) is 5.78 Å². The first-order valence-corrected chi connectivity index (χ1v) is 11.6. The van der Waals surface area contributed by atoms with Crippen molar-refractivity contribution in [3.05, 3.63) is 71.8 Å². The Kier molecular flexibility index (Phi) is 7.21. The van der Waals surface area contributed by atoms with E-state index in [0.717, 1.165) is 12.0 Å². The second kappa shape index (κ2) is 9.55. The first-order valence-electron chi connectivity index (χ1n) is 11.6. The summed E-state index contributed by atoms with van der Waals surface area (Å²) >= 11 is 0. The number of benzene rings is 2. The van der Waals surface area contributed by atoms with Gasteiger partial charge in [0.05, 0.1) is 17.2 Å². The number of hydrogen-bond donors (Lipinski definition) is 1. The second-order valence-corrected chi connectivity index (χ2v) is 9.27. The van der Waals surface area contributed by atoms with E-state index in [0.29, 0.717) is 17.7 Å². The number of piperidine rings is 1. The molecule has 5 nitrogen and oxygen atoms in total. The summed E-state index contributed by atoms with van der Waals surface area (Å²) in [6, 6.07) is 19.4. The molecule has 0 spiro atoms. The Morgan fingerprint density at radius 3 is 2.12 bits per heavy atom. The molecular formula is C27H36N2O3. The average molecular weight is 437 g/mol. The van der Waals surface area contributed by atoms with Gasteiger partial charge in [-0.2, -0.15) is 5.06 Å². The van der Waals surface area contributed by atoms with Gasteiger partial charge in [0.25, 0.3) is 0 Å². The minimum atomic E-state index is -0.746. The lowest BCUT2D eigenvalue weighted by atomic mass is 9.62. The van der Waals surface area contributed by atoms with E-state index in [9.17, 15) is 10.0 Å². The third kappa shape index (κ3) is 4.00. The van der Waals surface area contributed by atoms with Crippen molar-refractivity contribution >= 4 is 11.5 Å². The van der Waals surface area contributed by atoms with Crippen molar-refractivity contribution in [3.63, 3.8) is 0 Å². The zero-order valence-corrected chi connectivity index (χ0v) is 20.1. The third-order valence-corrected chi connectivity index (χ3v) is 7.62. The SMILES string of the molecule is CCC1(C)/C(=N/O)C(C(=O)c2ccccc2)C(C)C(C)(CC)N1OC(C)c1ccccc1. The number of nitrogens with zero attached hydrogens (tertiary/aromatic N) is 2. The van der Waals surface area contributed by atoms with E-state index in [2.05, 4.69) is 25.9 Å². The normalized spacial score (nSPS) is 30.9. The second-order valence-electron chi connectivity index (χ2n) is 9.27. The molecule has 2 aromatic carbocycles. The molecule has 0 saturated carbocycles. The van der Waals surface area contributed by atoms with Gasteiger partial charge in [0, 0.05) is 11.1 Å². The summed E-state index contributed by atoms with van der Waals surface area (Å²) in [5, 5.41) is 16.0. The van der Waals surface area contributed by atoms with Crippen molar-refractivity contribution < 1.29 is 14.8 Å². The fourth-order valence-corrected chi connectivity index (χ4v) is 5.06. The number of rotatable bonds is 7. The summed E-state index contributed by atoms with van der Waals surface area (Å²) in [6.07, 6.45) is 1.22. The quantitative estimate of drug-likeness (QED) is 0.314. The Morgan fingerprint density at radius 2 is 1.62 bits per heavy atom. The van der Waals surface area contributed by atoms with Crippen molar-refractivity contribution in [1.29, 1.82) is 0 Å². The first kappa shape index (κ1) is 24.1. The van der Waals surface area contributed by atoms with Crippen LogP contribution in [0.4, 0.5) is 0 Å². The summed E-state index contributed by atoms with van der Waals surface area (Å²) in [4.78, 5) is 20.3. The Labute approximate surface area is 192 Å². The highest BCUT2D eigenvalue weighted by Crippen LogP contribution is 2.49. The predicted octanol–water partition coefficient (Wildman–Crippen LogP) is 6.30. The molecule has 2 aromatic rings. The van der Waals surface area contributed by atoms with Crippen molar-refractivity contribution in [2.45, 2.75) is 71.6 Å². The Bertz CT molecular complexity index is 946. The van der Waals surface area contributed by atoms with E-state index in [1.165, 1.54) is 0 Å². The highest BCUT2D eigenvalue weighted by Gasteiger charge is 2.60. The number of hydrogen-bond acceptors (Lipinski definition) is 5. The van der Waals surface area contributed by atoms with Gasteiger partial charge in [-0.25, -0.2) is 0 Å². The maximum Gasteiger partial charge on any atom is 0.172 e. The summed E-state index contributed by atoms with van der Waals surface area (Å²) in [5.41, 5.74) is 0.977. The monoisotopic (exact) mass is 436 g/mol. The summed E-state index contributed by atoms with van der Waals surface area (Å²) in [5.74, 6) is -0.682. The fourth-order valence-electron chi connectivity index (χ4n) is 5.06. The van der Waals surface area contributed by atoms with Crippen LogP contribution in [0.5, 0.6) is 0 Å². The molecule has 1 aliphatic heterocycles. The van der Waals surface area contributed by atoms with E-state index in [4.69, 9.17) is 4.84 Å². The molecule has 0 bridgehead atoms. The molecule has 1 fully saturated rings. The number of hydroxylamine groups is 2. The number of ketones is 1. The van der Waals surface area contributed by atoms with Crippen molar-refractivity contribution in [1.82, 2.24) is 5.06 Å². The van der Waals surface area contributed by atoms with Crippen LogP contribution in [0, 0.1) is 11.8 Å². The van der Waals surface area contributed by atoms with Crippen molar-refractivity contribution in [2.24, 2.45) is 17.0 Å². The Morgan fingerprint density at radius 1 is 1.06 bits per heavy atom. The molecule has 1 heterocycles. The lowest BCUT2D eigenvalue weighted by Crippen LogP contribution is -2.71. The number of oxime groups is 1. The van der Waals surface area contributed by atoms with E-state index >= 15 is 0 Å². The van der Waals surface area contributed by atoms with Gasteiger partial charge in [-0.3, -0.25) is 9.63 Å². The van der Waals surface area contributed by atoms with Gasteiger partial charge < -0.3 is 5.21 Å². The van der Waals surface area contributed by atoms with Gasteiger partial charge >= 0.3 is 0 Å². The van der Waals surface area contributed by atoms with Gasteiger partial charge in [0.1, 0.15) is 6.10 Å². The van der Waals surface area contributed by atoms with E-state index in [1.54, 1.807) is 0 Å². The molecular weight excluding hydrogens is 400 g/mol. The molecule has 0 amide bonds. The molecule has 1 N–H and O–H groups in total. The summed E-state index contributed by atoms with van der Waals surface area (Å²) < 4.78 is 0. The molecule has 5 atom stereocenters. The molecule has 172 valence electrons. The van der Waals surface area contributed by atoms with Crippen LogP contribution in [-0.2, 0) is 4.84 Å². The van der Waals surface area contributed by atoms with Crippen LogP contribution in [0.25, 0.3) is 0 Å². The minimum Gasteiger partial charge on any atom is -0.411 e. The first-order chi connectivity index (χ1) is 15.2. The largest absolute Gasteiger partial charge is 0.411 e. The zero-order valence-electron chi connectivity index (χ0n) is 20.1. The Hall–Kier alpha value is -2.50. The van der Waals surface area contributed by atoms with Crippen LogP contribution >= 0.6 is 0 Å². The Balaban J connectivity index is 2.09. The molecule has 3 rings (SSSR count). The maximum absolute atomic E-state index is 13.7. The third-order valence-electron chi connectivity index (χ3n) is 7.62. The van der Waals surface area contributed by atoms with Crippen LogP contribution in [0.2, 0.25) is 0 Å². The molecule has 0 radical (unpaired) electrons. The van der Waals surface area contributed by atoms with Crippen molar-refractivity contribution in [3.8, 4) is 0 Å². The van der Waals surface area contributed by atoms with Crippen LogP contribution in [0.3, 0.4) is 0 Å². The lowest BCUT2D eigenvalue weighted by molar-refractivity contribution is -0.303. The summed E-state index contributed by atoms with van der Waals surface area (Å²) in [7, 11) is 0. The van der Waals surface area contributed by atoms with Gasteiger partial charge in [-0.05, 0) is 45.1 Å². The average Bonchev–Trinajstić information content (AvgIpc) is 2.84. The molecule has 1 aliphatic rings. The number of Topliss-reactive ketones (excluding diaryl/α,β-unsaturated/α-hetero) is 1. The van der Waals surface area contributed by atoms with Gasteiger partial charge in [-0.15, -0.1) is 0 Å². The van der Waals surface area contributed by atoms with Gasteiger partial charge in [-0.1, -0.05) is 86.6 Å². The molecule has 32 heavy (non-hydrogen) atoms. The van der Waals surface area contributed by atoms with Crippen LogP contribution in [0.1, 0.15) is 76.4 Å². The molecule has 1 saturated heterocycles. The van der Waals surface area contributed by atoms with E-state index in [1.807, 2.05) is 86.5 Å². The number of carbonyl (C=O) groups excluding carboxylic acids is 1. The minimum absolute atomic E-state index is 0.0130. The topological polar surface area (TPSA) is 62.1 Å². The number of carbonyl (C=O) groups is 1. The van der Waals surface area contributed by atoms with E-state index in [-0.39, 0.29) is 17.8 Å². The van der Waals surface area contributed by atoms with Crippen LogP contribution in [0.15, 0.2) is 65.8 Å². The van der Waals surface area contributed by atoms with E-state index < -0.39 is 17.0 Å². The predicted molar refractivity (Wildman–Crippen MR) is 128 cm³/mol. The van der Waals surface area contributed by atoms with Crippen molar-refractivity contribution in [2.75, 3.05) is 0 Å². The molecule has 0 aromatic heterocycles. The smallest absolute Gasteiger partial charge is 0.172 e. The standard InChI is InChI=1S/C27H36N2O3/c1-7-26(5)19(3)23(24(30)22-17-13-10-14-18-22)25(28-31)27(6,8-2)29(26)32-20(4)21-15-11-9-12-16-21/h9-20,23,31H,7-8H2,1-6H3/b28-25+. The highest BCUT2D eigenvalue weighted by molar-refractivity contribution is 6.15. The highest BCUT2D eigenvalue weighted by atomic mass is 16.7. The van der Waals surface area contributed by atoms with Crippen LogP contribution < -0.4 is 0 Å². The zero-order chi connectivity index (χ0) is 23.5. The van der Waals surface area contributed by atoms with Gasteiger partial charge in [0.2, 0.25) is 0 Å². The molecule has 0 aliphatic carbocycles. The molecule has 5 heteroatoms.